The minimum atomic E-state index is -0.435. The summed E-state index contributed by atoms with van der Waals surface area (Å²) < 4.78 is 5.36. The Kier molecular flexibility index (Phi) is 3.69. The van der Waals surface area contributed by atoms with Crippen LogP contribution < -0.4 is 10.9 Å². The van der Waals surface area contributed by atoms with Crippen LogP contribution in [0, 0.1) is 0 Å². The van der Waals surface area contributed by atoms with Crippen molar-refractivity contribution in [2.45, 2.75) is 6.92 Å². The Morgan fingerprint density at radius 3 is 2.50 bits per heavy atom. The third-order valence-corrected chi connectivity index (χ3v) is 3.46. The molecule has 0 spiro atoms. The number of anilines is 1. The lowest BCUT2D eigenvalue weighted by molar-refractivity contribution is -0.114. The number of carbonyl (C=O) groups is 1. The van der Waals surface area contributed by atoms with E-state index in [1.165, 1.54) is 6.92 Å². The highest BCUT2D eigenvalue weighted by atomic mass is 35.5. The lowest BCUT2D eigenvalue weighted by atomic mass is 10.1. The van der Waals surface area contributed by atoms with Crippen molar-refractivity contribution >= 4 is 34.2 Å². The molecule has 3 rings (SSSR count). The minimum absolute atomic E-state index is 0.181. The first-order valence-corrected chi connectivity index (χ1v) is 7.02. The van der Waals surface area contributed by atoms with Crippen LogP contribution in [0.2, 0.25) is 5.02 Å². The smallest absolute Gasteiger partial charge is 0.344 e. The zero-order valence-electron chi connectivity index (χ0n) is 11.7. The highest BCUT2D eigenvalue weighted by Crippen LogP contribution is 2.24. The number of hydrogen-bond acceptors (Lipinski definition) is 3. The summed E-state index contributed by atoms with van der Waals surface area (Å²) in [5.74, 6) is -0.181. The van der Waals surface area contributed by atoms with Crippen LogP contribution in [-0.2, 0) is 4.79 Å². The van der Waals surface area contributed by atoms with Gasteiger partial charge in [0, 0.05) is 29.1 Å². The van der Waals surface area contributed by atoms with Gasteiger partial charge in [-0.15, -0.1) is 0 Å². The van der Waals surface area contributed by atoms with E-state index in [2.05, 4.69) is 5.32 Å². The Morgan fingerprint density at radius 2 is 1.82 bits per heavy atom. The van der Waals surface area contributed by atoms with E-state index in [0.717, 1.165) is 10.9 Å². The first kappa shape index (κ1) is 14.4. The number of benzene rings is 2. The molecule has 0 atom stereocenters. The van der Waals surface area contributed by atoms with Crippen molar-refractivity contribution in [3.63, 3.8) is 0 Å². The van der Waals surface area contributed by atoms with Gasteiger partial charge in [-0.05, 0) is 35.9 Å². The molecule has 0 aliphatic heterocycles. The van der Waals surface area contributed by atoms with Gasteiger partial charge in [0.15, 0.2) is 0 Å². The summed E-state index contributed by atoms with van der Waals surface area (Å²) in [4.78, 5) is 23.2. The zero-order chi connectivity index (χ0) is 15.7. The first-order chi connectivity index (χ1) is 10.5. The normalized spacial score (nSPS) is 10.6. The van der Waals surface area contributed by atoms with Crippen LogP contribution in [0.25, 0.3) is 22.1 Å². The molecule has 110 valence electrons. The van der Waals surface area contributed by atoms with Crippen molar-refractivity contribution in [1.29, 1.82) is 0 Å². The van der Waals surface area contributed by atoms with E-state index in [1.807, 2.05) is 0 Å². The maximum atomic E-state index is 12.2. The molecule has 0 aliphatic rings. The summed E-state index contributed by atoms with van der Waals surface area (Å²) in [5, 5.41) is 4.04. The van der Waals surface area contributed by atoms with Crippen molar-refractivity contribution in [2.24, 2.45) is 0 Å². The van der Waals surface area contributed by atoms with E-state index in [0.29, 0.717) is 21.9 Å². The van der Waals surface area contributed by atoms with E-state index in [4.69, 9.17) is 16.0 Å². The Bertz CT molecular complexity index is 913. The molecule has 1 heterocycles. The van der Waals surface area contributed by atoms with Crippen LogP contribution in [0.5, 0.6) is 0 Å². The second kappa shape index (κ2) is 5.66. The molecule has 3 aromatic rings. The molecule has 0 bridgehead atoms. The van der Waals surface area contributed by atoms with Gasteiger partial charge in [0.05, 0.1) is 5.56 Å². The second-order valence-electron chi connectivity index (χ2n) is 4.89. The molecular weight excluding hydrogens is 302 g/mol. The molecule has 0 fully saturated rings. The number of halogens is 1. The maximum absolute atomic E-state index is 12.2. The lowest BCUT2D eigenvalue weighted by Crippen LogP contribution is -2.06. The number of hydrogen-bond donors (Lipinski definition) is 1. The maximum Gasteiger partial charge on any atom is 0.344 e. The van der Waals surface area contributed by atoms with Gasteiger partial charge in [-0.1, -0.05) is 23.7 Å². The zero-order valence-corrected chi connectivity index (χ0v) is 12.5. The molecule has 1 aromatic heterocycles. The Labute approximate surface area is 131 Å². The fraction of sp³-hybridized carbons (Fsp3) is 0.0588. The van der Waals surface area contributed by atoms with E-state index >= 15 is 0 Å². The molecule has 1 N–H and O–H groups in total. The van der Waals surface area contributed by atoms with Gasteiger partial charge in [-0.3, -0.25) is 4.79 Å². The highest BCUT2D eigenvalue weighted by Gasteiger charge is 2.08. The summed E-state index contributed by atoms with van der Waals surface area (Å²) in [6.07, 6.45) is 0. The van der Waals surface area contributed by atoms with Crippen LogP contribution in [0.1, 0.15) is 6.92 Å². The minimum Gasteiger partial charge on any atom is -0.422 e. The predicted octanol–water partition coefficient (Wildman–Crippen LogP) is 4.07. The van der Waals surface area contributed by atoms with Crippen LogP contribution >= 0.6 is 11.6 Å². The molecule has 0 unspecified atom stereocenters. The molecule has 0 aliphatic carbocycles. The third kappa shape index (κ3) is 2.87. The van der Waals surface area contributed by atoms with Crippen molar-refractivity contribution in [3.8, 4) is 11.1 Å². The molecule has 0 saturated heterocycles. The van der Waals surface area contributed by atoms with Crippen LogP contribution in [0.3, 0.4) is 0 Å². The van der Waals surface area contributed by atoms with Gasteiger partial charge in [0.2, 0.25) is 5.91 Å². The number of nitrogens with one attached hydrogen (secondary N) is 1. The van der Waals surface area contributed by atoms with Crippen molar-refractivity contribution < 1.29 is 9.21 Å². The van der Waals surface area contributed by atoms with Gasteiger partial charge < -0.3 is 9.73 Å². The lowest BCUT2D eigenvalue weighted by Gasteiger charge is -2.05. The van der Waals surface area contributed by atoms with Crippen molar-refractivity contribution in [3.05, 3.63) is 64.0 Å². The van der Waals surface area contributed by atoms with Gasteiger partial charge >= 0.3 is 5.63 Å². The SMILES string of the molecule is CC(=O)Nc1ccc2cc(-c3ccc(Cl)cc3)c(=O)oc2c1. The van der Waals surface area contributed by atoms with E-state index < -0.39 is 5.63 Å². The molecule has 2 aromatic carbocycles. The predicted molar refractivity (Wildman–Crippen MR) is 87.2 cm³/mol. The van der Waals surface area contributed by atoms with Crippen LogP contribution in [0.4, 0.5) is 5.69 Å². The average Bonchev–Trinajstić information content (AvgIpc) is 2.47. The monoisotopic (exact) mass is 313 g/mol. The number of amides is 1. The van der Waals surface area contributed by atoms with Gasteiger partial charge in [0.1, 0.15) is 5.58 Å². The third-order valence-electron chi connectivity index (χ3n) is 3.21. The van der Waals surface area contributed by atoms with Crippen LogP contribution in [0.15, 0.2) is 57.7 Å². The van der Waals surface area contributed by atoms with Gasteiger partial charge in [-0.25, -0.2) is 4.79 Å². The fourth-order valence-electron chi connectivity index (χ4n) is 2.22. The van der Waals surface area contributed by atoms with E-state index in [-0.39, 0.29) is 5.91 Å². The molecule has 4 nitrogen and oxygen atoms in total. The molecule has 5 heteroatoms. The van der Waals surface area contributed by atoms with Gasteiger partial charge in [0.25, 0.3) is 0 Å². The Balaban J connectivity index is 2.11. The summed E-state index contributed by atoms with van der Waals surface area (Å²) in [6.45, 7) is 1.42. The largest absolute Gasteiger partial charge is 0.422 e. The molecule has 0 radical (unpaired) electrons. The van der Waals surface area contributed by atoms with E-state index in [1.54, 1.807) is 48.5 Å². The van der Waals surface area contributed by atoms with Crippen LogP contribution in [-0.4, -0.2) is 5.91 Å². The van der Waals surface area contributed by atoms with E-state index in [9.17, 15) is 9.59 Å². The molecule has 22 heavy (non-hydrogen) atoms. The Morgan fingerprint density at radius 1 is 1.09 bits per heavy atom. The molecule has 0 saturated carbocycles. The molecule has 1 amide bonds. The Hall–Kier alpha value is -2.59. The van der Waals surface area contributed by atoms with Gasteiger partial charge in [-0.2, -0.15) is 0 Å². The second-order valence-corrected chi connectivity index (χ2v) is 5.32. The van der Waals surface area contributed by atoms with Crippen molar-refractivity contribution in [1.82, 2.24) is 0 Å². The standard InChI is InChI=1S/C17H12ClNO3/c1-10(20)19-14-7-4-12-8-15(17(21)22-16(12)9-14)11-2-5-13(18)6-3-11/h2-9H,1H3,(H,19,20). The summed E-state index contributed by atoms with van der Waals surface area (Å²) >= 11 is 5.86. The average molecular weight is 314 g/mol. The molecular formula is C17H12ClNO3. The first-order valence-electron chi connectivity index (χ1n) is 6.64. The number of fused-ring (bicyclic) bond motifs is 1. The topological polar surface area (TPSA) is 59.3 Å². The quantitative estimate of drug-likeness (QED) is 0.725. The summed E-state index contributed by atoms with van der Waals surface area (Å²) in [6, 6.07) is 13.9. The summed E-state index contributed by atoms with van der Waals surface area (Å²) in [7, 11) is 0. The number of carbonyl (C=O) groups excluding carboxylic acids is 1. The van der Waals surface area contributed by atoms with Crippen molar-refractivity contribution in [2.75, 3.05) is 5.32 Å². The summed E-state index contributed by atoms with van der Waals surface area (Å²) in [5.41, 5.74) is 1.79. The fourth-order valence-corrected chi connectivity index (χ4v) is 2.35. The number of rotatable bonds is 2. The highest BCUT2D eigenvalue weighted by molar-refractivity contribution is 6.30.